The van der Waals surface area contributed by atoms with Crippen molar-refractivity contribution < 1.29 is 45.6 Å². The molecule has 0 radical (unpaired) electrons. The molecule has 5 atom stereocenters. The summed E-state index contributed by atoms with van der Waals surface area (Å²) in [4.78, 5) is 73.2. The Kier molecular flexibility index (Phi) is 16.2. The number of rotatable bonds is 16. The molecule has 1 saturated heterocycles. The summed E-state index contributed by atoms with van der Waals surface area (Å²) < 4.78 is 67.3. The van der Waals surface area contributed by atoms with E-state index in [0.717, 1.165) is 23.6 Å². The average molecular weight is 812 g/mol. The number of carbonyl (C=O) groups is 5. The smallest absolute Gasteiger partial charge is 0.346 e. The normalized spacial score (nSPS) is 20.0. The van der Waals surface area contributed by atoms with Gasteiger partial charge in [-0.3, -0.25) is 19.2 Å². The lowest BCUT2D eigenvalue weighted by Crippen LogP contribution is -2.61. The molecule has 1 aliphatic heterocycles. The fourth-order valence-corrected chi connectivity index (χ4v) is 8.16. The number of halogens is 3. The van der Waals surface area contributed by atoms with E-state index in [9.17, 15) is 45.6 Å². The molecule has 1 aromatic rings. The SMILES string of the molecule is C=CCNC(=O)C(=O)C(/C=C/C(F)(F)F)NC(=O)[C@@H]1[C@@H](C(C)C)CCN1C(=O)[C@@H](NC(=O)N[C@H](CN(C)S(=O)(=O)c1ccccn1)C(C)(C)C)C1CCCCC1. The van der Waals surface area contributed by atoms with Gasteiger partial charge in [0.2, 0.25) is 17.6 Å². The van der Waals surface area contributed by atoms with Gasteiger partial charge in [-0.05, 0) is 60.6 Å². The van der Waals surface area contributed by atoms with Crippen LogP contribution in [0.4, 0.5) is 18.0 Å². The number of alkyl halides is 3. The lowest BCUT2D eigenvalue weighted by Gasteiger charge is -2.37. The van der Waals surface area contributed by atoms with Crippen molar-refractivity contribution in [3.8, 4) is 0 Å². The van der Waals surface area contributed by atoms with E-state index in [-0.39, 0.29) is 42.6 Å². The molecule has 14 nitrogen and oxygen atoms in total. The van der Waals surface area contributed by atoms with Crippen LogP contribution < -0.4 is 21.3 Å². The molecular formula is C38H56F3N7O7S. The molecule has 312 valence electrons. The first-order valence-electron chi connectivity index (χ1n) is 18.8. The van der Waals surface area contributed by atoms with E-state index >= 15 is 0 Å². The number of carbonyl (C=O) groups excluding carboxylic acids is 5. The number of pyridine rings is 1. The Hall–Kier alpha value is -4.32. The summed E-state index contributed by atoms with van der Waals surface area (Å²) in [6, 6.07) is -1.31. The van der Waals surface area contributed by atoms with Crippen molar-refractivity contribution in [3.63, 3.8) is 0 Å². The predicted octanol–water partition coefficient (Wildman–Crippen LogP) is 3.71. The molecule has 2 aliphatic rings. The Bertz CT molecular complexity index is 1690. The Morgan fingerprint density at radius 3 is 2.23 bits per heavy atom. The summed E-state index contributed by atoms with van der Waals surface area (Å²) in [5.41, 5.74) is -0.657. The van der Waals surface area contributed by atoms with Crippen LogP contribution in [0.2, 0.25) is 0 Å². The third kappa shape index (κ3) is 12.6. The van der Waals surface area contributed by atoms with Gasteiger partial charge in [0.05, 0.1) is 0 Å². The molecule has 0 aromatic carbocycles. The molecule has 1 unspecified atom stereocenters. The van der Waals surface area contributed by atoms with Gasteiger partial charge >= 0.3 is 12.2 Å². The summed E-state index contributed by atoms with van der Waals surface area (Å²) in [5.74, 6) is -5.05. The van der Waals surface area contributed by atoms with Crippen LogP contribution in [-0.4, -0.2) is 109 Å². The van der Waals surface area contributed by atoms with Crippen molar-refractivity contribution in [2.24, 2.45) is 23.2 Å². The van der Waals surface area contributed by atoms with Crippen LogP contribution in [0, 0.1) is 23.2 Å². The highest BCUT2D eigenvalue weighted by Crippen LogP contribution is 2.34. The molecule has 2 heterocycles. The third-order valence-corrected chi connectivity index (χ3v) is 12.1. The van der Waals surface area contributed by atoms with Gasteiger partial charge in [0.1, 0.15) is 18.1 Å². The van der Waals surface area contributed by atoms with Gasteiger partial charge < -0.3 is 26.2 Å². The number of likely N-dealkylation sites (N-methyl/N-ethyl adjacent to an activating group) is 1. The summed E-state index contributed by atoms with van der Waals surface area (Å²) in [6.07, 6.45) is 1.98. The maximum Gasteiger partial charge on any atom is 0.409 e. The molecular weight excluding hydrogens is 756 g/mol. The Morgan fingerprint density at radius 1 is 1.02 bits per heavy atom. The number of nitrogens with zero attached hydrogens (tertiary/aromatic N) is 3. The number of amides is 5. The zero-order chi connectivity index (χ0) is 42.0. The van der Waals surface area contributed by atoms with Gasteiger partial charge in [-0.2, -0.15) is 17.5 Å². The van der Waals surface area contributed by atoms with Crippen molar-refractivity contribution in [2.75, 3.05) is 26.7 Å². The zero-order valence-electron chi connectivity index (χ0n) is 32.9. The fourth-order valence-electron chi connectivity index (χ4n) is 7.05. The fraction of sp³-hybridized carbons (Fsp3) is 0.632. The van der Waals surface area contributed by atoms with Crippen LogP contribution in [0.3, 0.4) is 0 Å². The quantitative estimate of drug-likeness (QED) is 0.144. The molecule has 3 rings (SSSR count). The predicted molar refractivity (Wildman–Crippen MR) is 203 cm³/mol. The van der Waals surface area contributed by atoms with Crippen LogP contribution in [0.15, 0.2) is 54.2 Å². The summed E-state index contributed by atoms with van der Waals surface area (Å²) in [7, 11) is -2.63. The Balaban J connectivity index is 1.92. The highest BCUT2D eigenvalue weighted by atomic mass is 32.2. The van der Waals surface area contributed by atoms with E-state index in [1.54, 1.807) is 12.1 Å². The second-order valence-electron chi connectivity index (χ2n) is 15.8. The number of ketones is 1. The first-order chi connectivity index (χ1) is 26.1. The van der Waals surface area contributed by atoms with Gasteiger partial charge in [-0.1, -0.05) is 66.0 Å². The number of hydrogen-bond donors (Lipinski definition) is 4. The first kappa shape index (κ1) is 46.1. The first-order valence-corrected chi connectivity index (χ1v) is 20.3. The van der Waals surface area contributed by atoms with Crippen molar-refractivity contribution in [2.45, 2.75) is 109 Å². The average Bonchev–Trinajstić information content (AvgIpc) is 3.59. The van der Waals surface area contributed by atoms with Gasteiger partial charge in [0.15, 0.2) is 5.03 Å². The van der Waals surface area contributed by atoms with Gasteiger partial charge in [0, 0.05) is 45.0 Å². The number of Topliss-reactive ketones (excluding diaryl/α,β-unsaturated/α-hetero) is 1. The Morgan fingerprint density at radius 2 is 1.68 bits per heavy atom. The molecule has 4 N–H and O–H groups in total. The van der Waals surface area contributed by atoms with Crippen LogP contribution in [0.1, 0.15) is 73.1 Å². The number of aromatic nitrogens is 1. The van der Waals surface area contributed by atoms with Crippen molar-refractivity contribution in [1.29, 1.82) is 0 Å². The topological polar surface area (TPSA) is 187 Å². The highest BCUT2D eigenvalue weighted by Gasteiger charge is 2.47. The minimum absolute atomic E-state index is 0.0872. The van der Waals surface area contributed by atoms with E-state index < -0.39 is 81.2 Å². The Labute approximate surface area is 327 Å². The number of hydrogen-bond acceptors (Lipinski definition) is 8. The molecule has 1 saturated carbocycles. The minimum atomic E-state index is -4.86. The molecule has 0 spiro atoms. The monoisotopic (exact) mass is 811 g/mol. The van der Waals surface area contributed by atoms with E-state index in [1.165, 1.54) is 30.3 Å². The highest BCUT2D eigenvalue weighted by molar-refractivity contribution is 7.89. The third-order valence-electron chi connectivity index (χ3n) is 10.3. The summed E-state index contributed by atoms with van der Waals surface area (Å²) in [6.45, 7) is 12.4. The van der Waals surface area contributed by atoms with Gasteiger partial charge in [-0.25, -0.2) is 18.2 Å². The zero-order valence-corrected chi connectivity index (χ0v) is 33.7. The number of sulfonamides is 1. The number of urea groups is 1. The van der Waals surface area contributed by atoms with Crippen molar-refractivity contribution >= 4 is 39.6 Å². The molecule has 5 amide bonds. The van der Waals surface area contributed by atoms with E-state index in [4.69, 9.17) is 0 Å². The number of nitrogens with one attached hydrogen (secondary N) is 4. The molecule has 18 heteroatoms. The molecule has 56 heavy (non-hydrogen) atoms. The maximum absolute atomic E-state index is 14.6. The second-order valence-corrected chi connectivity index (χ2v) is 17.8. The van der Waals surface area contributed by atoms with Crippen LogP contribution in [-0.2, 0) is 29.2 Å². The summed E-state index contributed by atoms with van der Waals surface area (Å²) in [5, 5.41) is 10.0. The van der Waals surface area contributed by atoms with Gasteiger partial charge in [0.25, 0.3) is 15.9 Å². The summed E-state index contributed by atoms with van der Waals surface area (Å²) >= 11 is 0. The molecule has 2 fully saturated rings. The molecule has 1 aliphatic carbocycles. The van der Waals surface area contributed by atoms with E-state index in [2.05, 4.69) is 32.8 Å². The van der Waals surface area contributed by atoms with E-state index in [1.807, 2.05) is 34.6 Å². The maximum atomic E-state index is 14.6. The van der Waals surface area contributed by atoms with Crippen LogP contribution in [0.25, 0.3) is 0 Å². The van der Waals surface area contributed by atoms with Crippen LogP contribution >= 0.6 is 0 Å². The molecule has 1 aromatic heterocycles. The van der Waals surface area contributed by atoms with Crippen molar-refractivity contribution in [3.05, 3.63) is 49.2 Å². The number of allylic oxidation sites excluding steroid dienone is 1. The van der Waals surface area contributed by atoms with Crippen LogP contribution in [0.5, 0.6) is 0 Å². The van der Waals surface area contributed by atoms with E-state index in [0.29, 0.717) is 25.3 Å². The lowest BCUT2D eigenvalue weighted by atomic mass is 9.82. The minimum Gasteiger partial charge on any atom is -0.346 e. The lowest BCUT2D eigenvalue weighted by molar-refractivity contribution is -0.144. The standard InChI is InChI=1S/C38H56F3N7O7S/c1-8-20-43-34(51)32(49)27(17-19-38(39,40)41)44-33(50)31-26(24(2)3)18-22-48(31)35(52)30(25-14-10-9-11-15-25)46-36(53)45-28(37(4,5)6)23-47(7)56(54,55)29-16-12-13-21-42-29/h8,12-13,16-17,19,21,24-28,30-31H,1,9-11,14-15,18,20,22-23H2,2-7H3,(H,43,51)(H,44,50)(H2,45,46,53)/b19-17+/t26-,27?,28-,30+,31+/m1/s1. The number of likely N-dealkylation sites (tertiary alicyclic amines) is 1. The molecule has 0 bridgehead atoms. The second kappa shape index (κ2) is 19.7. The largest absolute Gasteiger partial charge is 0.409 e. The van der Waals surface area contributed by atoms with Gasteiger partial charge in [-0.15, -0.1) is 6.58 Å². The van der Waals surface area contributed by atoms with Crippen molar-refractivity contribution in [1.82, 2.24) is 35.5 Å².